The van der Waals surface area contributed by atoms with Crippen LogP contribution in [0.1, 0.15) is 43.5 Å². The van der Waals surface area contributed by atoms with E-state index in [2.05, 4.69) is 4.98 Å². The number of aryl methyl sites for hydroxylation is 1. The number of rotatable bonds is 6. The fourth-order valence-electron chi connectivity index (χ4n) is 3.67. The quantitative estimate of drug-likeness (QED) is 0.485. The van der Waals surface area contributed by atoms with Crippen LogP contribution in [0.4, 0.5) is 28.9 Å². The monoisotopic (exact) mass is 493 g/mol. The first-order valence-electron chi connectivity index (χ1n) is 10.0. The van der Waals surface area contributed by atoms with Crippen molar-refractivity contribution in [3.05, 3.63) is 53.1 Å². The highest BCUT2D eigenvalue weighted by molar-refractivity contribution is 7.81. The van der Waals surface area contributed by atoms with Crippen LogP contribution < -0.4 is 15.5 Å². The van der Waals surface area contributed by atoms with Gasteiger partial charge in [0.25, 0.3) is 5.91 Å². The van der Waals surface area contributed by atoms with Gasteiger partial charge in [0.15, 0.2) is 10.8 Å². The highest BCUT2D eigenvalue weighted by Crippen LogP contribution is 2.39. The molecule has 0 radical (unpaired) electrons. The third-order valence-electron chi connectivity index (χ3n) is 5.37. The van der Waals surface area contributed by atoms with Crippen molar-refractivity contribution < 1.29 is 27.2 Å². The average molecular weight is 493 g/mol. The fraction of sp³-hybridized carbons (Fsp3) is 0.318. The van der Waals surface area contributed by atoms with Gasteiger partial charge in [0.2, 0.25) is 5.91 Å². The van der Waals surface area contributed by atoms with Crippen molar-refractivity contribution in [3.8, 4) is 6.07 Å². The van der Waals surface area contributed by atoms with Crippen LogP contribution in [0, 0.1) is 17.1 Å². The first kappa shape index (κ1) is 25.0. The molecule has 1 aliphatic heterocycles. The van der Waals surface area contributed by atoms with E-state index in [1.165, 1.54) is 43.0 Å². The third-order valence-corrected chi connectivity index (χ3v) is 5.74. The fourth-order valence-corrected chi connectivity index (χ4v) is 4.19. The van der Waals surface area contributed by atoms with Crippen LogP contribution in [0.3, 0.4) is 0 Å². The molecule has 2 amide bonds. The Morgan fingerprint density at radius 2 is 1.94 bits per heavy atom. The largest absolute Gasteiger partial charge is 0.419 e. The summed E-state index contributed by atoms with van der Waals surface area (Å²) in [7, 11) is 0. The average Bonchev–Trinajstić information content (AvgIpc) is 2.92. The van der Waals surface area contributed by atoms with E-state index >= 15 is 0 Å². The van der Waals surface area contributed by atoms with E-state index in [9.17, 15) is 27.2 Å². The van der Waals surface area contributed by atoms with Gasteiger partial charge in [0.1, 0.15) is 17.4 Å². The van der Waals surface area contributed by atoms with E-state index in [0.717, 1.165) is 11.1 Å². The van der Waals surface area contributed by atoms with Gasteiger partial charge in [0, 0.05) is 12.1 Å². The summed E-state index contributed by atoms with van der Waals surface area (Å²) in [6.07, 6.45) is -3.18. The van der Waals surface area contributed by atoms with Crippen molar-refractivity contribution in [1.82, 2.24) is 4.98 Å². The van der Waals surface area contributed by atoms with E-state index in [1.54, 1.807) is 0 Å². The lowest BCUT2D eigenvalue weighted by Crippen LogP contribution is -2.44. The summed E-state index contributed by atoms with van der Waals surface area (Å²) < 4.78 is 54.9. The van der Waals surface area contributed by atoms with Crippen LogP contribution in [-0.2, 0) is 22.2 Å². The smallest absolute Gasteiger partial charge is 0.370 e. The van der Waals surface area contributed by atoms with Crippen LogP contribution >= 0.6 is 12.2 Å². The maximum Gasteiger partial charge on any atom is 0.419 e. The Labute approximate surface area is 197 Å². The molecule has 1 aliphatic rings. The van der Waals surface area contributed by atoms with E-state index in [-0.39, 0.29) is 29.3 Å². The second-order valence-corrected chi connectivity index (χ2v) is 8.48. The van der Waals surface area contributed by atoms with Crippen molar-refractivity contribution in [2.75, 3.05) is 9.80 Å². The van der Waals surface area contributed by atoms with Crippen molar-refractivity contribution >= 4 is 40.5 Å². The van der Waals surface area contributed by atoms with Gasteiger partial charge in [-0.15, -0.1) is 0 Å². The Morgan fingerprint density at radius 1 is 1.26 bits per heavy atom. The van der Waals surface area contributed by atoms with Gasteiger partial charge in [0.05, 0.1) is 17.4 Å². The van der Waals surface area contributed by atoms with Crippen LogP contribution in [0.5, 0.6) is 0 Å². The third kappa shape index (κ3) is 4.56. The number of alkyl halides is 3. The Kier molecular flexibility index (Phi) is 6.61. The summed E-state index contributed by atoms with van der Waals surface area (Å²) in [5, 5.41) is 8.79. The lowest BCUT2D eigenvalue weighted by Gasteiger charge is -2.29. The first-order valence-corrected chi connectivity index (χ1v) is 10.4. The minimum atomic E-state index is -4.87. The number of aromatic nitrogens is 1. The second-order valence-electron chi connectivity index (χ2n) is 8.11. The summed E-state index contributed by atoms with van der Waals surface area (Å²) in [4.78, 5) is 29.8. The van der Waals surface area contributed by atoms with Crippen LogP contribution in [0.25, 0.3) is 0 Å². The molecule has 34 heavy (non-hydrogen) atoms. The second kappa shape index (κ2) is 8.98. The zero-order valence-corrected chi connectivity index (χ0v) is 18.9. The maximum atomic E-state index is 14.7. The summed E-state index contributed by atoms with van der Waals surface area (Å²) in [5.74, 6) is -1.74. The molecule has 1 aromatic carbocycles. The molecule has 178 valence electrons. The van der Waals surface area contributed by atoms with Gasteiger partial charge in [-0.25, -0.2) is 9.37 Å². The summed E-state index contributed by atoms with van der Waals surface area (Å²) in [6, 6.07) is 6.21. The number of benzene rings is 1. The van der Waals surface area contributed by atoms with Crippen LogP contribution in [-0.4, -0.2) is 27.4 Å². The molecule has 0 aliphatic carbocycles. The lowest BCUT2D eigenvalue weighted by atomic mass is 10.0. The van der Waals surface area contributed by atoms with Gasteiger partial charge < -0.3 is 10.6 Å². The number of primary amides is 1. The molecule has 0 bridgehead atoms. The molecule has 12 heteroatoms. The molecule has 0 saturated carbocycles. The minimum Gasteiger partial charge on any atom is -0.370 e. The molecular formula is C22H19F4N5O2S. The number of pyridine rings is 1. The predicted molar refractivity (Wildman–Crippen MR) is 119 cm³/mol. The number of nitrogens with zero attached hydrogens (tertiary/aromatic N) is 4. The van der Waals surface area contributed by atoms with Gasteiger partial charge >= 0.3 is 6.18 Å². The number of nitriles is 1. The van der Waals surface area contributed by atoms with E-state index in [4.69, 9.17) is 23.2 Å². The molecule has 3 rings (SSSR count). The zero-order chi connectivity index (χ0) is 25.4. The number of halogens is 4. The highest BCUT2D eigenvalue weighted by atomic mass is 32.1. The zero-order valence-electron chi connectivity index (χ0n) is 18.1. The van der Waals surface area contributed by atoms with Gasteiger partial charge in [-0.3, -0.25) is 14.5 Å². The van der Waals surface area contributed by atoms with Crippen LogP contribution in [0.15, 0.2) is 30.5 Å². The number of hydrogen-bond acceptors (Lipinski definition) is 5. The highest BCUT2D eigenvalue weighted by Gasteiger charge is 2.51. The number of carbonyl (C=O) groups is 2. The van der Waals surface area contributed by atoms with Crippen molar-refractivity contribution in [3.63, 3.8) is 0 Å². The Hall–Kier alpha value is -3.59. The number of nitrogens with two attached hydrogens (primary N) is 1. The summed E-state index contributed by atoms with van der Waals surface area (Å²) in [5.41, 5.74) is 1.90. The van der Waals surface area contributed by atoms with Crippen molar-refractivity contribution in [2.24, 2.45) is 5.73 Å². The number of anilines is 2. The molecule has 0 spiro atoms. The molecule has 1 saturated heterocycles. The Balaban J connectivity index is 1.98. The normalized spacial score (nSPS) is 15.6. The Morgan fingerprint density at radius 3 is 2.50 bits per heavy atom. The molecule has 2 heterocycles. The van der Waals surface area contributed by atoms with Gasteiger partial charge in [-0.1, -0.05) is 6.07 Å². The minimum absolute atomic E-state index is 0.104. The number of carbonyl (C=O) groups excluding carboxylic acids is 2. The molecule has 7 nitrogen and oxygen atoms in total. The molecule has 1 fully saturated rings. The molecular weight excluding hydrogens is 474 g/mol. The van der Waals surface area contributed by atoms with E-state index in [0.29, 0.717) is 18.1 Å². The maximum absolute atomic E-state index is 14.7. The lowest BCUT2D eigenvalue weighted by molar-refractivity contribution is -0.138. The van der Waals surface area contributed by atoms with Gasteiger partial charge in [-0.2, -0.15) is 18.4 Å². The van der Waals surface area contributed by atoms with E-state index < -0.39 is 40.6 Å². The summed E-state index contributed by atoms with van der Waals surface area (Å²) in [6.45, 7) is 3.00. The standard InChI is InChI=1S/C22H19F4N5O2S/c1-21(2)19(33)30(14-8-15(22(24,25)26)17(10-27)29-11-14)20(34)31(21)13-7-6-12(16(23)9-13)4-3-5-18(28)32/h6-9,11H,3-5H2,1-2H3,(H2,28,32). The molecule has 1 aromatic heterocycles. The topological polar surface area (TPSA) is 103 Å². The molecule has 2 N–H and O–H groups in total. The summed E-state index contributed by atoms with van der Waals surface area (Å²) >= 11 is 5.41. The molecule has 0 atom stereocenters. The predicted octanol–water partition coefficient (Wildman–Crippen LogP) is 3.84. The van der Waals surface area contributed by atoms with Gasteiger partial charge in [-0.05, 0) is 62.7 Å². The number of amides is 2. The first-order chi connectivity index (χ1) is 15.8. The molecule has 2 aromatic rings. The van der Waals surface area contributed by atoms with Crippen molar-refractivity contribution in [1.29, 1.82) is 5.26 Å². The van der Waals surface area contributed by atoms with E-state index in [1.807, 2.05) is 0 Å². The number of hydrogen-bond donors (Lipinski definition) is 1. The number of thiocarbonyl (C=S) groups is 1. The Bertz CT molecular complexity index is 1220. The SMILES string of the molecule is CC1(C)C(=O)N(c2cnc(C#N)c(C(F)(F)F)c2)C(=S)N1c1ccc(CCCC(N)=O)c(F)c1. The molecule has 0 unspecified atom stereocenters. The van der Waals surface area contributed by atoms with Crippen LogP contribution in [0.2, 0.25) is 0 Å². The van der Waals surface area contributed by atoms with Crippen molar-refractivity contribution in [2.45, 2.75) is 44.8 Å².